The number of aromatic amines is 1. The van der Waals surface area contributed by atoms with E-state index in [1.54, 1.807) is 16.7 Å². The highest BCUT2D eigenvalue weighted by molar-refractivity contribution is 5.85. The zero-order chi connectivity index (χ0) is 17.4. The van der Waals surface area contributed by atoms with Crippen molar-refractivity contribution in [3.8, 4) is 0 Å². The molecule has 10 nitrogen and oxygen atoms in total. The number of imidazole rings is 1. The Kier molecular flexibility index (Phi) is 3.56. The van der Waals surface area contributed by atoms with Crippen LogP contribution in [0.25, 0.3) is 11.2 Å². The van der Waals surface area contributed by atoms with E-state index in [-0.39, 0.29) is 35.3 Å². The summed E-state index contributed by atoms with van der Waals surface area (Å²) in [6.45, 7) is 1.58. The maximum Gasteiger partial charge on any atom is 0.312 e. The second-order valence-electron chi connectivity index (χ2n) is 5.18. The fourth-order valence-corrected chi connectivity index (χ4v) is 2.42. The SMILES string of the molecule is CC(=O)n1c[n+](Cc2ccc([N+](=O)[O-])cc2)c2c(=O)[nH]c(N)nc21. The molecule has 0 atom stereocenters. The maximum absolute atomic E-state index is 12.2. The molecule has 0 amide bonds. The number of hydrogen-bond donors (Lipinski definition) is 2. The minimum absolute atomic E-state index is 0.0257. The zero-order valence-corrected chi connectivity index (χ0v) is 12.6. The third-order valence-electron chi connectivity index (χ3n) is 3.50. The first-order chi connectivity index (χ1) is 11.4. The van der Waals surface area contributed by atoms with E-state index < -0.39 is 10.5 Å². The van der Waals surface area contributed by atoms with E-state index in [4.69, 9.17) is 5.73 Å². The Morgan fingerprint density at radius 2 is 2.08 bits per heavy atom. The summed E-state index contributed by atoms with van der Waals surface area (Å²) in [5.74, 6) is -0.407. The lowest BCUT2D eigenvalue weighted by Crippen LogP contribution is -2.37. The fraction of sp³-hybridized carbons (Fsp3) is 0.143. The molecule has 0 aliphatic heterocycles. The van der Waals surface area contributed by atoms with Gasteiger partial charge in [0, 0.05) is 19.1 Å². The number of nitrogen functional groups attached to an aromatic ring is 1. The predicted octanol–water partition coefficient (Wildman–Crippen LogP) is 0.211. The summed E-state index contributed by atoms with van der Waals surface area (Å²) in [6, 6.07) is 5.92. The summed E-state index contributed by atoms with van der Waals surface area (Å²) >= 11 is 0. The van der Waals surface area contributed by atoms with Crippen molar-refractivity contribution >= 4 is 28.7 Å². The van der Waals surface area contributed by atoms with Gasteiger partial charge in [-0.05, 0) is 17.7 Å². The zero-order valence-electron chi connectivity index (χ0n) is 12.6. The molecule has 2 aromatic heterocycles. The number of nitrogens with two attached hydrogens (primary N) is 1. The average molecular weight is 329 g/mol. The number of nitro benzene ring substituents is 1. The van der Waals surface area contributed by atoms with Crippen LogP contribution in [0.2, 0.25) is 0 Å². The molecule has 0 aliphatic carbocycles. The number of nitrogens with zero attached hydrogens (tertiary/aromatic N) is 4. The molecule has 0 radical (unpaired) electrons. The minimum Gasteiger partial charge on any atom is -0.369 e. The number of fused-ring (bicyclic) bond motifs is 1. The number of non-ortho nitro benzene ring substituents is 1. The quantitative estimate of drug-likeness (QED) is 0.400. The Labute approximate surface area is 134 Å². The van der Waals surface area contributed by atoms with Gasteiger partial charge in [-0.15, -0.1) is 4.57 Å². The highest BCUT2D eigenvalue weighted by atomic mass is 16.6. The van der Waals surface area contributed by atoms with Crippen molar-refractivity contribution in [1.29, 1.82) is 0 Å². The maximum atomic E-state index is 12.2. The van der Waals surface area contributed by atoms with Gasteiger partial charge in [0.05, 0.1) is 4.92 Å². The van der Waals surface area contributed by atoms with E-state index in [2.05, 4.69) is 9.97 Å². The summed E-state index contributed by atoms with van der Waals surface area (Å²) < 4.78 is 2.77. The Balaban J connectivity index is 2.11. The van der Waals surface area contributed by atoms with Crippen LogP contribution in [0, 0.1) is 10.1 Å². The van der Waals surface area contributed by atoms with Crippen LogP contribution >= 0.6 is 0 Å². The van der Waals surface area contributed by atoms with Gasteiger partial charge in [-0.1, -0.05) is 0 Å². The predicted molar refractivity (Wildman–Crippen MR) is 83.5 cm³/mol. The van der Waals surface area contributed by atoms with E-state index in [0.717, 1.165) is 5.56 Å². The monoisotopic (exact) mass is 329 g/mol. The number of hydrogen-bond acceptors (Lipinski definition) is 6. The molecule has 0 spiro atoms. The van der Waals surface area contributed by atoms with Gasteiger partial charge in [0.2, 0.25) is 5.95 Å². The summed E-state index contributed by atoms with van der Waals surface area (Å²) in [4.78, 5) is 40.5. The highest BCUT2D eigenvalue weighted by Crippen LogP contribution is 2.12. The highest BCUT2D eigenvalue weighted by Gasteiger charge is 2.24. The van der Waals surface area contributed by atoms with Crippen LogP contribution in [0.3, 0.4) is 0 Å². The smallest absolute Gasteiger partial charge is 0.312 e. The molecule has 0 saturated heterocycles. The second-order valence-corrected chi connectivity index (χ2v) is 5.18. The molecule has 0 saturated carbocycles. The molecule has 0 unspecified atom stereocenters. The molecule has 3 N–H and O–H groups in total. The molecule has 2 heterocycles. The van der Waals surface area contributed by atoms with Crippen LogP contribution in [0.1, 0.15) is 17.3 Å². The second kappa shape index (κ2) is 5.57. The number of H-pyrrole nitrogens is 1. The van der Waals surface area contributed by atoms with Crippen LogP contribution in [0.5, 0.6) is 0 Å². The summed E-state index contributed by atoms with van der Waals surface area (Å²) in [7, 11) is 0. The van der Waals surface area contributed by atoms with E-state index in [9.17, 15) is 19.7 Å². The molecule has 3 rings (SSSR count). The number of carbonyl (C=O) groups is 1. The van der Waals surface area contributed by atoms with Crippen LogP contribution < -0.4 is 15.9 Å². The molecule has 0 fully saturated rings. The van der Waals surface area contributed by atoms with E-state index in [1.807, 2.05) is 0 Å². The first-order valence-corrected chi connectivity index (χ1v) is 6.91. The molecular formula is C14H13N6O4+. The number of rotatable bonds is 3. The Morgan fingerprint density at radius 1 is 1.42 bits per heavy atom. The van der Waals surface area contributed by atoms with Crippen LogP contribution in [0.15, 0.2) is 35.4 Å². The van der Waals surface area contributed by atoms with Crippen molar-refractivity contribution in [2.45, 2.75) is 13.5 Å². The van der Waals surface area contributed by atoms with Crippen molar-refractivity contribution in [2.75, 3.05) is 5.73 Å². The van der Waals surface area contributed by atoms with Crippen LogP contribution in [0.4, 0.5) is 11.6 Å². The molecule has 0 aliphatic rings. The van der Waals surface area contributed by atoms with E-state index in [0.29, 0.717) is 0 Å². The number of aromatic nitrogens is 4. The molecule has 122 valence electrons. The van der Waals surface area contributed by atoms with Crippen molar-refractivity contribution in [3.05, 3.63) is 56.6 Å². The Hall–Kier alpha value is -3.56. The fourth-order valence-electron chi connectivity index (χ4n) is 2.42. The number of carbonyl (C=O) groups excluding carboxylic acids is 1. The van der Waals surface area contributed by atoms with Gasteiger partial charge in [0.1, 0.15) is 6.54 Å². The first kappa shape index (κ1) is 15.3. The normalized spacial score (nSPS) is 10.9. The van der Waals surface area contributed by atoms with Crippen molar-refractivity contribution in [2.24, 2.45) is 0 Å². The van der Waals surface area contributed by atoms with Crippen molar-refractivity contribution in [3.63, 3.8) is 0 Å². The minimum atomic E-state index is -0.490. The first-order valence-electron chi connectivity index (χ1n) is 6.91. The van der Waals surface area contributed by atoms with Gasteiger partial charge >= 0.3 is 11.5 Å². The Bertz CT molecular complexity index is 1020. The van der Waals surface area contributed by atoms with Crippen molar-refractivity contribution in [1.82, 2.24) is 14.5 Å². The average Bonchev–Trinajstić information content (AvgIpc) is 2.86. The van der Waals surface area contributed by atoms with Gasteiger partial charge in [-0.25, -0.2) is 9.36 Å². The lowest BCUT2D eigenvalue weighted by atomic mass is 10.2. The van der Waals surface area contributed by atoms with Gasteiger partial charge in [0.15, 0.2) is 0 Å². The number of nitrogens with one attached hydrogen (secondary N) is 1. The lowest BCUT2D eigenvalue weighted by Gasteiger charge is -1.98. The molecule has 0 bridgehead atoms. The van der Waals surface area contributed by atoms with Gasteiger partial charge < -0.3 is 5.73 Å². The number of anilines is 1. The summed E-state index contributed by atoms with van der Waals surface area (Å²) in [6.07, 6.45) is 1.45. The van der Waals surface area contributed by atoms with E-state index >= 15 is 0 Å². The molecular weight excluding hydrogens is 316 g/mol. The number of nitro groups is 1. The topological polar surface area (TPSA) is 141 Å². The largest absolute Gasteiger partial charge is 0.369 e. The lowest BCUT2D eigenvalue weighted by molar-refractivity contribution is -0.663. The van der Waals surface area contributed by atoms with Crippen LogP contribution in [-0.4, -0.2) is 25.4 Å². The molecule has 24 heavy (non-hydrogen) atoms. The van der Waals surface area contributed by atoms with Gasteiger partial charge in [0.25, 0.3) is 23.2 Å². The van der Waals surface area contributed by atoms with Gasteiger partial charge in [-0.2, -0.15) is 4.98 Å². The number of benzene rings is 1. The standard InChI is InChI=1S/C14H12N6O4/c1-8(21)19-7-18(11-12(19)16-14(15)17-13(11)22)6-9-2-4-10(5-3-9)20(23)24/h2-5,7H,6H2,1H3,(H2-,15,16,17,22)/p+1. The molecule has 1 aromatic carbocycles. The third-order valence-corrected chi connectivity index (χ3v) is 3.50. The molecule has 10 heteroatoms. The van der Waals surface area contributed by atoms with Crippen LogP contribution in [-0.2, 0) is 6.54 Å². The molecule has 3 aromatic rings. The third kappa shape index (κ3) is 2.60. The Morgan fingerprint density at radius 3 is 2.67 bits per heavy atom. The summed E-state index contributed by atoms with van der Waals surface area (Å²) in [5, 5.41) is 10.7. The van der Waals surface area contributed by atoms with Gasteiger partial charge in [-0.3, -0.25) is 19.9 Å². The van der Waals surface area contributed by atoms with E-state index in [1.165, 1.54) is 30.0 Å². The van der Waals surface area contributed by atoms with Crippen molar-refractivity contribution < 1.29 is 14.3 Å². The summed E-state index contributed by atoms with van der Waals surface area (Å²) in [5.41, 5.74) is 6.11.